The van der Waals surface area contributed by atoms with Gasteiger partial charge in [0, 0.05) is 17.3 Å². The van der Waals surface area contributed by atoms with Gasteiger partial charge >= 0.3 is 5.69 Å². The van der Waals surface area contributed by atoms with E-state index in [0.29, 0.717) is 12.2 Å². The van der Waals surface area contributed by atoms with Crippen LogP contribution in [-0.2, 0) is 13.0 Å². The van der Waals surface area contributed by atoms with Crippen molar-refractivity contribution in [1.29, 1.82) is 0 Å². The van der Waals surface area contributed by atoms with Crippen molar-refractivity contribution < 1.29 is 0 Å². The third-order valence-corrected chi connectivity index (χ3v) is 5.04. The van der Waals surface area contributed by atoms with Gasteiger partial charge in [-0.25, -0.2) is 18.9 Å². The monoisotopic (exact) mass is 325 g/mol. The third-order valence-electron chi connectivity index (χ3n) is 3.98. The van der Waals surface area contributed by atoms with Gasteiger partial charge in [0.15, 0.2) is 5.65 Å². The molecule has 0 amide bonds. The highest BCUT2D eigenvalue weighted by molar-refractivity contribution is 7.18. The van der Waals surface area contributed by atoms with E-state index in [1.165, 1.54) is 19.5 Å². The van der Waals surface area contributed by atoms with Gasteiger partial charge in [-0.05, 0) is 30.5 Å². The van der Waals surface area contributed by atoms with Crippen molar-refractivity contribution in [1.82, 2.24) is 24.1 Å². The number of hydrogen-bond acceptors (Lipinski definition) is 5. The molecule has 0 fully saturated rings. The topological polar surface area (TPSA) is 65.1 Å². The Balaban J connectivity index is 1.96. The molecule has 0 saturated heterocycles. The summed E-state index contributed by atoms with van der Waals surface area (Å²) in [6, 6.07) is 3.79. The normalized spacial score (nSPS) is 11.6. The van der Waals surface area contributed by atoms with E-state index in [2.05, 4.69) is 28.9 Å². The quantitative estimate of drug-likeness (QED) is 0.580. The molecule has 0 spiro atoms. The van der Waals surface area contributed by atoms with Gasteiger partial charge in [0.05, 0.1) is 11.9 Å². The van der Waals surface area contributed by atoms with Gasteiger partial charge in [0.1, 0.15) is 11.2 Å². The fraction of sp³-hybridized carbons (Fsp3) is 0.250. The van der Waals surface area contributed by atoms with E-state index in [-0.39, 0.29) is 5.69 Å². The smallest absolute Gasteiger partial charge is 0.264 e. The van der Waals surface area contributed by atoms with Crippen LogP contribution in [0.4, 0.5) is 0 Å². The first-order valence-corrected chi connectivity index (χ1v) is 8.25. The van der Waals surface area contributed by atoms with Crippen LogP contribution in [-0.4, -0.2) is 24.1 Å². The van der Waals surface area contributed by atoms with Crippen LogP contribution in [0.15, 0.2) is 35.6 Å². The molecular weight excluding hydrogens is 310 g/mol. The van der Waals surface area contributed by atoms with E-state index in [1.54, 1.807) is 30.1 Å². The molecule has 4 aromatic heterocycles. The molecule has 0 aromatic carbocycles. The van der Waals surface area contributed by atoms with Crippen LogP contribution < -0.4 is 5.69 Å². The minimum absolute atomic E-state index is 0.177. The zero-order valence-electron chi connectivity index (χ0n) is 12.9. The predicted octanol–water partition coefficient (Wildman–Crippen LogP) is 2.42. The number of hydrogen-bond donors (Lipinski definition) is 0. The van der Waals surface area contributed by atoms with Crippen LogP contribution in [0.2, 0.25) is 0 Å². The first-order valence-electron chi connectivity index (χ1n) is 7.44. The van der Waals surface area contributed by atoms with Crippen LogP contribution in [0.3, 0.4) is 0 Å². The van der Waals surface area contributed by atoms with E-state index >= 15 is 0 Å². The summed E-state index contributed by atoms with van der Waals surface area (Å²) in [6.45, 7) is 4.61. The highest BCUT2D eigenvalue weighted by Crippen LogP contribution is 2.31. The van der Waals surface area contributed by atoms with Crippen molar-refractivity contribution in [3.8, 4) is 0 Å². The zero-order chi connectivity index (χ0) is 16.0. The molecule has 4 heterocycles. The van der Waals surface area contributed by atoms with Gasteiger partial charge in [-0.15, -0.1) is 16.4 Å². The van der Waals surface area contributed by atoms with Gasteiger partial charge < -0.3 is 0 Å². The standard InChI is InChI=1S/C16H15N5OS/c1-3-12-10(2)23-15-13(12)14-19-21(16(22)20(14)9-18-15)8-11-5-4-6-17-7-11/h4-7,9H,3,8H2,1-2H3. The number of thiophene rings is 1. The largest absolute Gasteiger partial charge is 0.351 e. The number of aromatic nitrogens is 5. The Hall–Kier alpha value is -2.54. The van der Waals surface area contributed by atoms with Crippen LogP contribution in [0.1, 0.15) is 22.9 Å². The lowest BCUT2D eigenvalue weighted by atomic mass is 10.1. The molecule has 0 atom stereocenters. The molecule has 0 saturated carbocycles. The lowest BCUT2D eigenvalue weighted by Crippen LogP contribution is -2.21. The van der Waals surface area contributed by atoms with Crippen LogP contribution in [0.25, 0.3) is 15.9 Å². The Morgan fingerprint density at radius 1 is 1.35 bits per heavy atom. The van der Waals surface area contributed by atoms with Gasteiger partial charge in [0.25, 0.3) is 0 Å². The number of nitrogens with zero attached hydrogens (tertiary/aromatic N) is 5. The first-order chi connectivity index (χ1) is 11.2. The Kier molecular flexibility index (Phi) is 3.23. The highest BCUT2D eigenvalue weighted by Gasteiger charge is 2.17. The van der Waals surface area contributed by atoms with E-state index in [1.807, 2.05) is 12.1 Å². The molecule has 0 unspecified atom stereocenters. The molecular formula is C16H15N5OS. The Labute approximate surface area is 136 Å². The predicted molar refractivity (Wildman–Crippen MR) is 90.1 cm³/mol. The van der Waals surface area contributed by atoms with E-state index in [4.69, 9.17) is 0 Å². The van der Waals surface area contributed by atoms with E-state index in [9.17, 15) is 4.79 Å². The molecule has 0 bridgehead atoms. The lowest BCUT2D eigenvalue weighted by Gasteiger charge is -1.98. The highest BCUT2D eigenvalue weighted by atomic mass is 32.1. The van der Waals surface area contributed by atoms with Crippen LogP contribution >= 0.6 is 11.3 Å². The molecule has 0 aliphatic carbocycles. The average molecular weight is 325 g/mol. The minimum Gasteiger partial charge on any atom is -0.264 e. The van der Waals surface area contributed by atoms with Crippen molar-refractivity contribution >= 4 is 27.2 Å². The summed E-state index contributed by atoms with van der Waals surface area (Å²) in [5, 5.41) is 5.56. The molecule has 4 aromatic rings. The number of fused-ring (bicyclic) bond motifs is 3. The van der Waals surface area contributed by atoms with Crippen LogP contribution in [0.5, 0.6) is 0 Å². The number of aryl methyl sites for hydroxylation is 2. The average Bonchev–Trinajstić information content (AvgIpc) is 3.05. The molecule has 23 heavy (non-hydrogen) atoms. The summed E-state index contributed by atoms with van der Waals surface area (Å²) in [6.07, 6.45) is 5.93. The van der Waals surface area contributed by atoms with Gasteiger partial charge in [0.2, 0.25) is 0 Å². The fourth-order valence-electron chi connectivity index (χ4n) is 2.88. The summed E-state index contributed by atoms with van der Waals surface area (Å²) < 4.78 is 3.00. The zero-order valence-corrected chi connectivity index (χ0v) is 13.7. The molecule has 0 aliphatic heterocycles. The van der Waals surface area contributed by atoms with Crippen molar-refractivity contribution in [2.24, 2.45) is 0 Å². The second kappa shape index (κ2) is 5.27. The van der Waals surface area contributed by atoms with Crippen molar-refractivity contribution in [2.75, 3.05) is 0 Å². The first kappa shape index (κ1) is 14.1. The summed E-state index contributed by atoms with van der Waals surface area (Å²) >= 11 is 1.65. The molecule has 6 nitrogen and oxygen atoms in total. The molecule has 116 valence electrons. The van der Waals surface area contributed by atoms with Crippen molar-refractivity contribution in [3.05, 3.63) is 57.3 Å². The Morgan fingerprint density at radius 2 is 2.22 bits per heavy atom. The Morgan fingerprint density at radius 3 is 2.96 bits per heavy atom. The molecule has 0 N–H and O–H groups in total. The van der Waals surface area contributed by atoms with Crippen molar-refractivity contribution in [3.63, 3.8) is 0 Å². The maximum Gasteiger partial charge on any atom is 0.351 e. The van der Waals surface area contributed by atoms with E-state index in [0.717, 1.165) is 22.2 Å². The van der Waals surface area contributed by atoms with E-state index < -0.39 is 0 Å². The minimum atomic E-state index is -0.177. The van der Waals surface area contributed by atoms with Gasteiger partial charge in [-0.1, -0.05) is 13.0 Å². The summed E-state index contributed by atoms with van der Waals surface area (Å²) in [5.74, 6) is 0. The SMILES string of the molecule is CCc1c(C)sc2ncn3c(=O)n(Cc4cccnc4)nc3c12. The number of pyridine rings is 1. The maximum absolute atomic E-state index is 12.6. The molecule has 0 radical (unpaired) electrons. The number of rotatable bonds is 3. The summed E-state index contributed by atoms with van der Waals surface area (Å²) in [7, 11) is 0. The van der Waals surface area contributed by atoms with Crippen LogP contribution in [0, 0.1) is 6.92 Å². The molecule has 4 rings (SSSR count). The maximum atomic E-state index is 12.6. The third kappa shape index (κ3) is 2.16. The molecule has 0 aliphatic rings. The lowest BCUT2D eigenvalue weighted by molar-refractivity contribution is 0.656. The van der Waals surface area contributed by atoms with Gasteiger partial charge in [-0.2, -0.15) is 0 Å². The fourth-order valence-corrected chi connectivity index (χ4v) is 3.96. The second-order valence-corrected chi connectivity index (χ2v) is 6.61. The Bertz CT molecular complexity index is 1060. The second-order valence-electron chi connectivity index (χ2n) is 5.41. The molecule has 7 heteroatoms. The summed E-state index contributed by atoms with van der Waals surface area (Å²) in [4.78, 5) is 23.3. The summed E-state index contributed by atoms with van der Waals surface area (Å²) in [5.41, 5.74) is 2.68. The van der Waals surface area contributed by atoms with Gasteiger partial charge in [-0.3, -0.25) is 4.98 Å². The van der Waals surface area contributed by atoms with Crippen molar-refractivity contribution in [2.45, 2.75) is 26.8 Å².